The number of thioether (sulfide) groups is 1. The summed E-state index contributed by atoms with van der Waals surface area (Å²) >= 11 is 1.20. The van der Waals surface area contributed by atoms with E-state index < -0.39 is 22.9 Å². The monoisotopic (exact) mass is 406 g/mol. The predicted octanol–water partition coefficient (Wildman–Crippen LogP) is 3.67. The molecule has 1 N–H and O–H groups in total. The molecule has 0 aliphatic carbocycles. The number of hydrogen-bond donors (Lipinski definition) is 1. The Kier molecular flexibility index (Phi) is 7.16. The van der Waals surface area contributed by atoms with Gasteiger partial charge >= 0.3 is 5.97 Å². The fourth-order valence-corrected chi connectivity index (χ4v) is 2.95. The highest BCUT2D eigenvalue weighted by molar-refractivity contribution is 7.98. The largest absolute Gasteiger partial charge is 0.449 e. The lowest BCUT2D eigenvalue weighted by atomic mass is 10.2. The highest BCUT2D eigenvalue weighted by atomic mass is 32.2. The van der Waals surface area contributed by atoms with Crippen molar-refractivity contribution in [1.29, 1.82) is 0 Å². The van der Waals surface area contributed by atoms with E-state index in [4.69, 9.17) is 4.74 Å². The maximum Gasteiger partial charge on any atom is 0.339 e. The molecule has 0 saturated carbocycles. The first kappa shape index (κ1) is 21.4. The molecule has 0 fully saturated rings. The van der Waals surface area contributed by atoms with Crippen LogP contribution in [0.2, 0.25) is 0 Å². The van der Waals surface area contributed by atoms with Crippen molar-refractivity contribution in [2.75, 3.05) is 11.6 Å². The highest BCUT2D eigenvalue weighted by Gasteiger charge is 2.23. The van der Waals surface area contributed by atoms with Crippen molar-refractivity contribution >= 4 is 35.1 Å². The van der Waals surface area contributed by atoms with E-state index in [1.54, 1.807) is 23.2 Å². The zero-order valence-electron chi connectivity index (χ0n) is 16.0. The number of ether oxygens (including phenoxy) is 1. The highest BCUT2D eigenvalue weighted by Crippen LogP contribution is 2.28. The number of nitro groups is 1. The second-order valence-corrected chi connectivity index (χ2v) is 6.95. The van der Waals surface area contributed by atoms with Gasteiger partial charge in [-0.1, -0.05) is 6.92 Å². The minimum Gasteiger partial charge on any atom is -0.449 e. The number of hydrogen-bond acceptors (Lipinski definition) is 7. The first-order chi connectivity index (χ1) is 13.3. The van der Waals surface area contributed by atoms with Crippen LogP contribution in [0.5, 0.6) is 0 Å². The molecule has 0 radical (unpaired) electrons. The fraction of sp³-hybridized carbons (Fsp3) is 0.389. The van der Waals surface area contributed by atoms with Gasteiger partial charge in [0.25, 0.3) is 11.6 Å². The normalized spacial score (nSPS) is 12.9. The standard InChI is InChI=1S/C18H22N4O5S/c1-5-11(2)21-16(8-9-19-21)20-17(23)12(3)27-18(24)13-6-7-15(28-4)14(10-13)22(25)26/h6-12H,5H2,1-4H3,(H,20,23)/t11-,12+/m0/s1. The van der Waals surface area contributed by atoms with Gasteiger partial charge in [-0.3, -0.25) is 14.9 Å². The van der Waals surface area contributed by atoms with Gasteiger partial charge in [0, 0.05) is 12.1 Å². The number of aromatic nitrogens is 2. The van der Waals surface area contributed by atoms with E-state index in [1.807, 2.05) is 13.8 Å². The van der Waals surface area contributed by atoms with Crippen LogP contribution < -0.4 is 5.32 Å². The summed E-state index contributed by atoms with van der Waals surface area (Å²) in [4.78, 5) is 35.7. The average Bonchev–Trinajstić information content (AvgIpc) is 3.14. The molecular formula is C18H22N4O5S. The molecule has 2 atom stereocenters. The van der Waals surface area contributed by atoms with Crippen LogP contribution in [0.4, 0.5) is 11.5 Å². The van der Waals surface area contributed by atoms with E-state index in [-0.39, 0.29) is 17.3 Å². The molecule has 0 saturated heterocycles. The van der Waals surface area contributed by atoms with E-state index in [1.165, 1.54) is 30.8 Å². The van der Waals surface area contributed by atoms with Gasteiger partial charge < -0.3 is 10.1 Å². The molecule has 1 amide bonds. The van der Waals surface area contributed by atoms with Gasteiger partial charge in [0.05, 0.1) is 27.6 Å². The minimum atomic E-state index is -1.09. The van der Waals surface area contributed by atoms with Gasteiger partial charge in [-0.2, -0.15) is 5.10 Å². The van der Waals surface area contributed by atoms with Crippen LogP contribution in [-0.4, -0.2) is 38.9 Å². The summed E-state index contributed by atoms with van der Waals surface area (Å²) in [5.41, 5.74) is -0.176. The summed E-state index contributed by atoms with van der Waals surface area (Å²) in [7, 11) is 0. The van der Waals surface area contributed by atoms with Gasteiger partial charge in [0.1, 0.15) is 5.82 Å². The Hall–Kier alpha value is -2.88. The van der Waals surface area contributed by atoms with Crippen molar-refractivity contribution in [3.8, 4) is 0 Å². The van der Waals surface area contributed by atoms with E-state index in [0.29, 0.717) is 10.7 Å². The first-order valence-corrected chi connectivity index (χ1v) is 9.88. The quantitative estimate of drug-likeness (QED) is 0.308. The average molecular weight is 406 g/mol. The van der Waals surface area contributed by atoms with Crippen LogP contribution in [0.1, 0.15) is 43.6 Å². The topological polar surface area (TPSA) is 116 Å². The third kappa shape index (κ3) is 4.89. The van der Waals surface area contributed by atoms with Crippen molar-refractivity contribution in [3.63, 3.8) is 0 Å². The number of nitro benzene ring substituents is 1. The summed E-state index contributed by atoms with van der Waals surface area (Å²) in [6, 6.07) is 5.82. The van der Waals surface area contributed by atoms with Crippen molar-refractivity contribution in [2.24, 2.45) is 0 Å². The fourth-order valence-electron chi connectivity index (χ4n) is 2.41. The molecule has 2 aromatic rings. The molecule has 0 aliphatic rings. The lowest BCUT2D eigenvalue weighted by Gasteiger charge is -2.17. The zero-order valence-corrected chi connectivity index (χ0v) is 16.9. The second-order valence-electron chi connectivity index (χ2n) is 6.10. The number of esters is 1. The van der Waals surface area contributed by atoms with E-state index in [9.17, 15) is 19.7 Å². The molecular weight excluding hydrogens is 384 g/mol. The maximum atomic E-state index is 12.4. The molecule has 9 nitrogen and oxygen atoms in total. The molecule has 1 heterocycles. The number of rotatable bonds is 8. The van der Waals surface area contributed by atoms with Gasteiger partial charge in [0.2, 0.25) is 0 Å². The van der Waals surface area contributed by atoms with Crippen LogP contribution >= 0.6 is 11.8 Å². The number of amides is 1. The SMILES string of the molecule is CC[C@H](C)n1nccc1NC(=O)[C@@H](C)OC(=O)c1ccc(SC)c([N+](=O)[O-])c1. The number of anilines is 1. The van der Waals surface area contributed by atoms with Crippen molar-refractivity contribution in [1.82, 2.24) is 9.78 Å². The number of nitrogens with one attached hydrogen (secondary N) is 1. The molecule has 28 heavy (non-hydrogen) atoms. The molecule has 10 heteroatoms. The van der Waals surface area contributed by atoms with E-state index in [2.05, 4.69) is 10.4 Å². The Balaban J connectivity index is 2.08. The molecule has 0 unspecified atom stereocenters. The van der Waals surface area contributed by atoms with Crippen LogP contribution in [0.15, 0.2) is 35.4 Å². The molecule has 0 spiro atoms. The Morgan fingerprint density at radius 2 is 2.07 bits per heavy atom. The van der Waals surface area contributed by atoms with Crippen molar-refractivity contribution in [2.45, 2.75) is 44.2 Å². The number of carbonyl (C=O) groups is 2. The molecule has 0 bridgehead atoms. The molecule has 1 aromatic carbocycles. The molecule has 1 aromatic heterocycles. The summed E-state index contributed by atoms with van der Waals surface area (Å²) < 4.78 is 6.85. The molecule has 150 valence electrons. The third-order valence-corrected chi connectivity index (χ3v) is 4.98. The summed E-state index contributed by atoms with van der Waals surface area (Å²) in [5, 5.41) is 18.0. The van der Waals surface area contributed by atoms with Gasteiger partial charge in [-0.05, 0) is 38.7 Å². The summed E-state index contributed by atoms with van der Waals surface area (Å²) in [6.07, 6.45) is 3.02. The van der Waals surface area contributed by atoms with Crippen LogP contribution in [0, 0.1) is 10.1 Å². The number of nitrogens with zero attached hydrogens (tertiary/aromatic N) is 3. The van der Waals surface area contributed by atoms with Crippen molar-refractivity contribution < 1.29 is 19.2 Å². The lowest BCUT2D eigenvalue weighted by molar-refractivity contribution is -0.387. The van der Waals surface area contributed by atoms with Crippen LogP contribution in [0.3, 0.4) is 0 Å². The second kappa shape index (κ2) is 9.36. The molecule has 2 rings (SSSR count). The summed E-state index contributed by atoms with van der Waals surface area (Å²) in [5.74, 6) is -0.829. The van der Waals surface area contributed by atoms with Gasteiger partial charge in [-0.25, -0.2) is 9.48 Å². The van der Waals surface area contributed by atoms with Crippen molar-refractivity contribution in [3.05, 3.63) is 46.1 Å². The predicted molar refractivity (Wildman–Crippen MR) is 106 cm³/mol. The number of benzene rings is 1. The maximum absolute atomic E-state index is 12.4. The zero-order chi connectivity index (χ0) is 20.8. The van der Waals surface area contributed by atoms with E-state index >= 15 is 0 Å². The Morgan fingerprint density at radius 1 is 1.36 bits per heavy atom. The lowest BCUT2D eigenvalue weighted by Crippen LogP contribution is -2.31. The number of carbonyl (C=O) groups excluding carboxylic acids is 2. The summed E-state index contributed by atoms with van der Waals surface area (Å²) in [6.45, 7) is 5.41. The van der Waals surface area contributed by atoms with Crippen LogP contribution in [-0.2, 0) is 9.53 Å². The Morgan fingerprint density at radius 3 is 2.68 bits per heavy atom. The Bertz CT molecular complexity index is 883. The first-order valence-electron chi connectivity index (χ1n) is 8.66. The van der Waals surface area contributed by atoms with E-state index in [0.717, 1.165) is 12.5 Å². The van der Waals surface area contributed by atoms with Crippen LogP contribution in [0.25, 0.3) is 0 Å². The smallest absolute Gasteiger partial charge is 0.339 e. The third-order valence-electron chi connectivity index (χ3n) is 4.19. The Labute approximate surface area is 166 Å². The molecule has 0 aliphatic heterocycles. The minimum absolute atomic E-state index is 0.00815. The van der Waals surface area contributed by atoms with Gasteiger partial charge in [-0.15, -0.1) is 11.8 Å². The van der Waals surface area contributed by atoms with Gasteiger partial charge in [0.15, 0.2) is 6.10 Å².